The van der Waals surface area contributed by atoms with E-state index >= 15 is 0 Å². The predicted molar refractivity (Wildman–Crippen MR) is 53.2 cm³/mol. The lowest BCUT2D eigenvalue weighted by atomic mass is 10.0. The van der Waals surface area contributed by atoms with Crippen molar-refractivity contribution in [3.8, 4) is 0 Å². The van der Waals surface area contributed by atoms with E-state index in [4.69, 9.17) is 0 Å². The van der Waals surface area contributed by atoms with Crippen LogP contribution in [0.4, 0.5) is 0 Å². The molecule has 0 aliphatic heterocycles. The first-order valence-corrected chi connectivity index (χ1v) is 4.90. The quantitative estimate of drug-likeness (QED) is 0.455. The van der Waals surface area contributed by atoms with Crippen molar-refractivity contribution in [3.05, 3.63) is 11.6 Å². The maximum absolute atomic E-state index is 9.40. The second-order valence-corrected chi connectivity index (χ2v) is 3.25. The fourth-order valence-electron chi connectivity index (χ4n) is 1.12. The smallest absolute Gasteiger partial charge is 0.119 e. The van der Waals surface area contributed by atoms with E-state index in [2.05, 4.69) is 13.0 Å². The maximum atomic E-state index is 9.40. The normalized spacial score (nSPS) is 15.7. The maximum Gasteiger partial charge on any atom is 0.119 e. The molecule has 0 heterocycles. The summed E-state index contributed by atoms with van der Waals surface area (Å²) < 4.78 is 0. The van der Waals surface area contributed by atoms with Gasteiger partial charge in [0.2, 0.25) is 0 Å². The van der Waals surface area contributed by atoms with Crippen LogP contribution in [-0.4, -0.2) is 6.29 Å². The Morgan fingerprint density at radius 2 is 2.25 bits per heavy atom. The second kappa shape index (κ2) is 8.51. The van der Waals surface area contributed by atoms with Gasteiger partial charge in [-0.25, -0.2) is 0 Å². The number of rotatable bonds is 2. The highest BCUT2D eigenvalue weighted by Gasteiger charge is 1.95. The van der Waals surface area contributed by atoms with E-state index in [0.29, 0.717) is 6.42 Å². The van der Waals surface area contributed by atoms with Crippen LogP contribution in [0.25, 0.3) is 0 Å². The van der Waals surface area contributed by atoms with E-state index < -0.39 is 0 Å². The molecule has 0 spiro atoms. The Hall–Kier alpha value is -0.590. The Bertz CT molecular complexity index is 136. The lowest BCUT2D eigenvalue weighted by Crippen LogP contribution is -1.85. The molecule has 0 atom stereocenters. The summed E-state index contributed by atoms with van der Waals surface area (Å²) in [5, 5.41) is 0. The predicted octanol–water partition coefficient (Wildman–Crippen LogP) is 3.49. The standard InChI is InChI=1S/C7H12.C4H8O/c1-7-5-3-2-4-6-7;1-2-3-4-5/h5H,2-4,6H2,1H3;4H,2-3H2,1H3. The van der Waals surface area contributed by atoms with Gasteiger partial charge in [0, 0.05) is 6.42 Å². The fourth-order valence-corrected chi connectivity index (χ4v) is 1.12. The molecule has 70 valence electrons. The molecule has 0 bridgehead atoms. The molecule has 0 unspecified atom stereocenters. The minimum atomic E-state index is 0.708. The summed E-state index contributed by atoms with van der Waals surface area (Å²) in [6, 6.07) is 0. The average molecular weight is 168 g/mol. The van der Waals surface area contributed by atoms with Gasteiger partial charge in [-0.05, 0) is 39.0 Å². The van der Waals surface area contributed by atoms with Gasteiger partial charge < -0.3 is 4.79 Å². The van der Waals surface area contributed by atoms with Crippen molar-refractivity contribution in [2.45, 2.75) is 52.4 Å². The van der Waals surface area contributed by atoms with Gasteiger partial charge in [-0.1, -0.05) is 18.6 Å². The van der Waals surface area contributed by atoms with E-state index in [9.17, 15) is 4.79 Å². The summed E-state index contributed by atoms with van der Waals surface area (Å²) in [6.07, 6.45) is 10.5. The van der Waals surface area contributed by atoms with Crippen LogP contribution >= 0.6 is 0 Å². The average Bonchev–Trinajstić information content (AvgIpc) is 2.08. The highest BCUT2D eigenvalue weighted by atomic mass is 16.1. The largest absolute Gasteiger partial charge is 0.303 e. The number of carbonyl (C=O) groups is 1. The lowest BCUT2D eigenvalue weighted by Gasteiger charge is -2.05. The number of carbonyl (C=O) groups excluding carboxylic acids is 1. The van der Waals surface area contributed by atoms with Crippen LogP contribution in [0.15, 0.2) is 11.6 Å². The van der Waals surface area contributed by atoms with Gasteiger partial charge >= 0.3 is 0 Å². The van der Waals surface area contributed by atoms with Crippen molar-refractivity contribution < 1.29 is 4.79 Å². The first-order valence-electron chi connectivity index (χ1n) is 4.90. The van der Waals surface area contributed by atoms with Crippen LogP contribution in [0.5, 0.6) is 0 Å². The summed E-state index contributed by atoms with van der Waals surface area (Å²) in [6.45, 7) is 4.20. The van der Waals surface area contributed by atoms with Gasteiger partial charge in [-0.15, -0.1) is 0 Å². The Morgan fingerprint density at radius 1 is 1.50 bits per heavy atom. The van der Waals surface area contributed by atoms with Crippen LogP contribution in [0.3, 0.4) is 0 Å². The summed E-state index contributed by atoms with van der Waals surface area (Å²) in [7, 11) is 0. The van der Waals surface area contributed by atoms with Crippen LogP contribution in [0.1, 0.15) is 52.4 Å². The van der Waals surface area contributed by atoms with E-state index in [0.717, 1.165) is 12.7 Å². The molecule has 0 aromatic heterocycles. The van der Waals surface area contributed by atoms with Crippen molar-refractivity contribution in [2.75, 3.05) is 0 Å². The Kier molecular flexibility index (Phi) is 8.09. The number of unbranched alkanes of at least 4 members (excludes halogenated alkanes) is 1. The van der Waals surface area contributed by atoms with Crippen molar-refractivity contribution in [1.29, 1.82) is 0 Å². The Balaban J connectivity index is 0.000000217. The molecule has 0 saturated heterocycles. The minimum Gasteiger partial charge on any atom is -0.303 e. The molecule has 0 saturated carbocycles. The van der Waals surface area contributed by atoms with Crippen molar-refractivity contribution in [2.24, 2.45) is 0 Å². The third-order valence-corrected chi connectivity index (χ3v) is 1.92. The van der Waals surface area contributed by atoms with E-state index in [1.807, 2.05) is 6.92 Å². The van der Waals surface area contributed by atoms with Gasteiger partial charge in [0.05, 0.1) is 0 Å². The molecule has 1 nitrogen and oxygen atoms in total. The van der Waals surface area contributed by atoms with Crippen LogP contribution in [-0.2, 0) is 4.79 Å². The van der Waals surface area contributed by atoms with Gasteiger partial charge in [0.25, 0.3) is 0 Å². The SMILES string of the molecule is CC1=CCCCC1.CCCC=O. The van der Waals surface area contributed by atoms with Crippen molar-refractivity contribution in [1.82, 2.24) is 0 Å². The highest BCUT2D eigenvalue weighted by molar-refractivity contribution is 5.48. The second-order valence-electron chi connectivity index (χ2n) is 3.25. The van der Waals surface area contributed by atoms with Gasteiger partial charge in [-0.3, -0.25) is 0 Å². The molecule has 12 heavy (non-hydrogen) atoms. The molecule has 0 amide bonds. The van der Waals surface area contributed by atoms with E-state index in [1.165, 1.54) is 25.7 Å². The fraction of sp³-hybridized carbons (Fsp3) is 0.727. The van der Waals surface area contributed by atoms with E-state index in [1.54, 1.807) is 5.57 Å². The molecule has 1 aliphatic rings. The molecule has 0 radical (unpaired) electrons. The molecule has 0 N–H and O–H groups in total. The van der Waals surface area contributed by atoms with Crippen molar-refractivity contribution in [3.63, 3.8) is 0 Å². The zero-order valence-electron chi connectivity index (χ0n) is 8.31. The van der Waals surface area contributed by atoms with Crippen LogP contribution in [0, 0.1) is 0 Å². The summed E-state index contributed by atoms with van der Waals surface area (Å²) >= 11 is 0. The summed E-state index contributed by atoms with van der Waals surface area (Å²) in [5.74, 6) is 0. The zero-order valence-corrected chi connectivity index (χ0v) is 8.31. The van der Waals surface area contributed by atoms with Gasteiger partial charge in [-0.2, -0.15) is 0 Å². The highest BCUT2D eigenvalue weighted by Crippen LogP contribution is 2.15. The third-order valence-electron chi connectivity index (χ3n) is 1.92. The monoisotopic (exact) mass is 168 g/mol. The van der Waals surface area contributed by atoms with Crippen LogP contribution < -0.4 is 0 Å². The number of hydrogen-bond acceptors (Lipinski definition) is 1. The lowest BCUT2D eigenvalue weighted by molar-refractivity contribution is -0.107. The molecule has 0 aromatic rings. The Morgan fingerprint density at radius 3 is 2.42 bits per heavy atom. The first kappa shape index (κ1) is 11.4. The van der Waals surface area contributed by atoms with Crippen LogP contribution in [0.2, 0.25) is 0 Å². The minimum absolute atomic E-state index is 0.708. The number of hydrogen-bond donors (Lipinski definition) is 0. The molecular formula is C11H20O. The molecule has 0 fully saturated rings. The molecule has 1 aliphatic carbocycles. The van der Waals surface area contributed by atoms with Crippen molar-refractivity contribution >= 4 is 6.29 Å². The number of allylic oxidation sites excluding steroid dienone is 2. The molecular weight excluding hydrogens is 148 g/mol. The Labute approximate surface area is 75.9 Å². The first-order chi connectivity index (χ1) is 5.81. The summed E-state index contributed by atoms with van der Waals surface area (Å²) in [5.41, 5.74) is 1.59. The third kappa shape index (κ3) is 7.52. The molecule has 1 rings (SSSR count). The summed E-state index contributed by atoms with van der Waals surface area (Å²) in [4.78, 5) is 9.40. The van der Waals surface area contributed by atoms with Gasteiger partial charge in [0.15, 0.2) is 0 Å². The number of aldehydes is 1. The topological polar surface area (TPSA) is 17.1 Å². The van der Waals surface area contributed by atoms with Gasteiger partial charge in [0.1, 0.15) is 6.29 Å². The van der Waals surface area contributed by atoms with E-state index in [-0.39, 0.29) is 0 Å². The molecule has 1 heteroatoms. The molecule has 0 aromatic carbocycles. The zero-order chi connectivity index (χ0) is 9.23.